The fourth-order valence-electron chi connectivity index (χ4n) is 7.28. The van der Waals surface area contributed by atoms with Gasteiger partial charge < -0.3 is 4.90 Å². The second-order valence-corrected chi connectivity index (χ2v) is 10.9. The summed E-state index contributed by atoms with van der Waals surface area (Å²) in [6.07, 6.45) is 11.3. The van der Waals surface area contributed by atoms with E-state index in [1.54, 1.807) is 11.3 Å². The predicted octanol–water partition coefficient (Wildman–Crippen LogP) is 5.57. The molecule has 7 rings (SSSR count). The van der Waals surface area contributed by atoms with Crippen molar-refractivity contribution in [3.05, 3.63) is 29.3 Å². The molecule has 0 N–H and O–H groups in total. The van der Waals surface area contributed by atoms with Crippen molar-refractivity contribution in [3.63, 3.8) is 0 Å². The summed E-state index contributed by atoms with van der Waals surface area (Å²) in [6, 6.07) is 8.58. The van der Waals surface area contributed by atoms with Crippen LogP contribution in [0.1, 0.15) is 68.8 Å². The zero-order valence-corrected chi connectivity index (χ0v) is 16.7. The van der Waals surface area contributed by atoms with Crippen LogP contribution in [0.2, 0.25) is 0 Å². The van der Waals surface area contributed by atoms with Crippen molar-refractivity contribution in [1.82, 2.24) is 9.88 Å². The number of rotatable bonds is 3. The van der Waals surface area contributed by atoms with E-state index in [0.717, 1.165) is 54.1 Å². The lowest BCUT2D eigenvalue weighted by molar-refractivity contribution is -0.140. The molecule has 1 saturated heterocycles. The van der Waals surface area contributed by atoms with E-state index in [2.05, 4.69) is 29.2 Å². The third kappa shape index (κ3) is 2.74. The first-order valence-corrected chi connectivity index (χ1v) is 11.6. The Kier molecular flexibility index (Phi) is 3.70. The van der Waals surface area contributed by atoms with Crippen LogP contribution < -0.4 is 0 Å². The lowest BCUT2D eigenvalue weighted by atomic mass is 9.49. The van der Waals surface area contributed by atoms with E-state index in [-0.39, 0.29) is 6.04 Å². The number of benzene rings is 1. The minimum Gasteiger partial charge on any atom is -0.333 e. The largest absolute Gasteiger partial charge is 0.333 e. The Hall–Kier alpha value is -1.42. The Bertz CT molecular complexity index is 819. The molecule has 1 aromatic carbocycles. The van der Waals surface area contributed by atoms with Crippen LogP contribution >= 0.6 is 11.3 Å². The number of fused-ring (bicyclic) bond motifs is 1. The maximum Gasteiger partial charge on any atom is 0.223 e. The molecule has 1 aliphatic heterocycles. The lowest BCUT2D eigenvalue weighted by Gasteiger charge is -2.57. The number of thiazole rings is 1. The molecule has 2 heterocycles. The van der Waals surface area contributed by atoms with Crippen molar-refractivity contribution in [2.45, 2.75) is 63.8 Å². The molecule has 4 saturated carbocycles. The SMILES string of the molecule is O=C(CC12CC3CC(CC(C3)C1)C2)N1CCCC1c1nc2ccccc2s1. The number of likely N-dealkylation sites (tertiary alicyclic amines) is 1. The molecule has 1 aromatic heterocycles. The van der Waals surface area contributed by atoms with Gasteiger partial charge in [-0.25, -0.2) is 4.98 Å². The molecule has 2 aromatic rings. The fourth-order valence-corrected chi connectivity index (χ4v) is 8.40. The van der Waals surface area contributed by atoms with Crippen molar-refractivity contribution in [3.8, 4) is 0 Å². The van der Waals surface area contributed by atoms with Gasteiger partial charge in [0.15, 0.2) is 0 Å². The quantitative estimate of drug-likeness (QED) is 0.698. The van der Waals surface area contributed by atoms with Gasteiger partial charge in [-0.2, -0.15) is 0 Å². The average Bonchev–Trinajstić information content (AvgIpc) is 3.26. The molecule has 5 aliphatic rings. The van der Waals surface area contributed by atoms with Crippen LogP contribution in [-0.4, -0.2) is 22.3 Å². The van der Waals surface area contributed by atoms with E-state index >= 15 is 0 Å². The Morgan fingerprint density at radius 1 is 1.11 bits per heavy atom. The number of aromatic nitrogens is 1. The second kappa shape index (κ2) is 6.04. The number of hydrogen-bond acceptors (Lipinski definition) is 3. The summed E-state index contributed by atoms with van der Waals surface area (Å²) in [4.78, 5) is 20.5. The van der Waals surface area contributed by atoms with Crippen LogP contribution in [0, 0.1) is 23.2 Å². The Labute approximate surface area is 165 Å². The van der Waals surface area contributed by atoms with Gasteiger partial charge in [0.05, 0.1) is 16.3 Å². The van der Waals surface area contributed by atoms with E-state index in [9.17, 15) is 4.79 Å². The van der Waals surface area contributed by atoms with Gasteiger partial charge in [-0.3, -0.25) is 4.79 Å². The first kappa shape index (κ1) is 16.5. The smallest absolute Gasteiger partial charge is 0.223 e. The Balaban J connectivity index is 1.24. The standard InChI is InChI=1S/C23H28N2OS/c26-21(14-23-11-15-8-16(12-23)10-17(9-15)13-23)25-7-3-5-19(25)22-24-18-4-1-2-6-20(18)27-22/h1-2,4,6,15-17,19H,3,5,7-14H2. The number of carbonyl (C=O) groups excluding carboxylic acids is 1. The predicted molar refractivity (Wildman–Crippen MR) is 109 cm³/mol. The molecule has 1 amide bonds. The van der Waals surface area contributed by atoms with Gasteiger partial charge in [0.1, 0.15) is 5.01 Å². The van der Waals surface area contributed by atoms with Gasteiger partial charge >= 0.3 is 0 Å². The van der Waals surface area contributed by atoms with Crippen LogP contribution in [-0.2, 0) is 4.79 Å². The molecule has 4 aliphatic carbocycles. The van der Waals surface area contributed by atoms with Crippen LogP contribution in [0.4, 0.5) is 0 Å². The highest BCUT2D eigenvalue weighted by atomic mass is 32.1. The van der Waals surface area contributed by atoms with Crippen molar-refractivity contribution < 1.29 is 4.79 Å². The first-order valence-electron chi connectivity index (χ1n) is 10.8. The van der Waals surface area contributed by atoms with Gasteiger partial charge in [0, 0.05) is 13.0 Å². The highest BCUT2D eigenvalue weighted by molar-refractivity contribution is 7.18. The first-order chi connectivity index (χ1) is 13.2. The summed E-state index contributed by atoms with van der Waals surface area (Å²) in [5.41, 5.74) is 1.42. The van der Waals surface area contributed by atoms with Gasteiger partial charge in [0.2, 0.25) is 5.91 Å². The van der Waals surface area contributed by atoms with Crippen LogP contribution in [0.3, 0.4) is 0 Å². The van der Waals surface area contributed by atoms with Crippen molar-refractivity contribution >= 4 is 27.5 Å². The zero-order valence-electron chi connectivity index (χ0n) is 15.9. The van der Waals surface area contributed by atoms with Gasteiger partial charge in [-0.15, -0.1) is 11.3 Å². The summed E-state index contributed by atoms with van der Waals surface area (Å²) in [5, 5.41) is 1.15. The van der Waals surface area contributed by atoms with Crippen molar-refractivity contribution in [1.29, 1.82) is 0 Å². The molecular weight excluding hydrogens is 352 g/mol. The highest BCUT2D eigenvalue weighted by Crippen LogP contribution is 2.61. The van der Waals surface area contributed by atoms with Gasteiger partial charge in [-0.1, -0.05) is 12.1 Å². The maximum atomic E-state index is 13.4. The van der Waals surface area contributed by atoms with Crippen molar-refractivity contribution in [2.24, 2.45) is 23.2 Å². The lowest BCUT2D eigenvalue weighted by Crippen LogP contribution is -2.48. The number of nitrogens with zero attached hydrogens (tertiary/aromatic N) is 2. The summed E-state index contributed by atoms with van der Waals surface area (Å²) in [5.74, 6) is 3.17. The van der Waals surface area contributed by atoms with Crippen LogP contribution in [0.25, 0.3) is 10.2 Å². The molecule has 1 unspecified atom stereocenters. The van der Waals surface area contributed by atoms with E-state index in [0.29, 0.717) is 11.3 Å². The molecular formula is C23H28N2OS. The van der Waals surface area contributed by atoms with Crippen LogP contribution in [0.15, 0.2) is 24.3 Å². The molecule has 0 radical (unpaired) electrons. The second-order valence-electron chi connectivity index (χ2n) is 9.86. The normalized spacial score (nSPS) is 37.4. The third-order valence-corrected chi connectivity index (χ3v) is 9.00. The summed E-state index contributed by atoms with van der Waals surface area (Å²) < 4.78 is 1.24. The third-order valence-electron chi connectivity index (χ3n) is 7.86. The number of carbonyl (C=O) groups is 1. The summed E-state index contributed by atoms with van der Waals surface area (Å²) in [7, 11) is 0. The monoisotopic (exact) mass is 380 g/mol. The van der Waals surface area contributed by atoms with E-state index in [1.165, 1.54) is 43.2 Å². The molecule has 5 fully saturated rings. The topological polar surface area (TPSA) is 33.2 Å². The molecule has 4 bridgehead atoms. The molecule has 142 valence electrons. The number of hydrogen-bond donors (Lipinski definition) is 0. The van der Waals surface area contributed by atoms with Gasteiger partial charge in [0.25, 0.3) is 0 Å². The summed E-state index contributed by atoms with van der Waals surface area (Å²) >= 11 is 1.78. The minimum atomic E-state index is 0.212. The minimum absolute atomic E-state index is 0.212. The Morgan fingerprint density at radius 3 is 2.52 bits per heavy atom. The average molecular weight is 381 g/mol. The number of para-hydroxylation sites is 1. The maximum absolute atomic E-state index is 13.4. The molecule has 3 nitrogen and oxygen atoms in total. The molecule has 1 atom stereocenters. The van der Waals surface area contributed by atoms with E-state index in [1.807, 2.05) is 0 Å². The molecule has 27 heavy (non-hydrogen) atoms. The molecule has 0 spiro atoms. The number of amides is 1. The highest BCUT2D eigenvalue weighted by Gasteiger charge is 2.52. The van der Waals surface area contributed by atoms with E-state index < -0.39 is 0 Å². The van der Waals surface area contributed by atoms with E-state index in [4.69, 9.17) is 4.98 Å². The van der Waals surface area contributed by atoms with Gasteiger partial charge in [-0.05, 0) is 86.7 Å². The summed E-state index contributed by atoms with van der Waals surface area (Å²) in [6.45, 7) is 0.922. The Morgan fingerprint density at radius 2 is 1.81 bits per heavy atom. The fraction of sp³-hybridized carbons (Fsp3) is 0.652. The zero-order chi connectivity index (χ0) is 18.0. The van der Waals surface area contributed by atoms with Crippen molar-refractivity contribution in [2.75, 3.05) is 6.54 Å². The van der Waals surface area contributed by atoms with Crippen LogP contribution in [0.5, 0.6) is 0 Å². The molecule has 4 heteroatoms.